The van der Waals surface area contributed by atoms with Gasteiger partial charge >= 0.3 is 5.97 Å². The van der Waals surface area contributed by atoms with Gasteiger partial charge in [-0.3, -0.25) is 9.48 Å². The molecule has 37 heavy (non-hydrogen) atoms. The zero-order valence-electron chi connectivity index (χ0n) is 21.2. The number of carboxylic acids is 1. The lowest BCUT2D eigenvalue weighted by molar-refractivity contribution is 0.0688. The molecule has 2 aromatic heterocycles. The van der Waals surface area contributed by atoms with Crippen LogP contribution in [0.4, 0.5) is 11.6 Å². The number of benzene rings is 1. The maximum atomic E-state index is 12.8. The molecule has 1 aromatic carbocycles. The Hall–Kier alpha value is -3.99. The second-order valence-corrected chi connectivity index (χ2v) is 9.62. The SMILES string of the molecule is COc1cc(C(=O)NC2CCN(C)CC2)ccc1Nc1ncc2c(n1)-c1c(c(C(=O)O)nn1C)CCC2. The third-order valence-electron chi connectivity index (χ3n) is 7.07. The van der Waals surface area contributed by atoms with Gasteiger partial charge in [0.1, 0.15) is 5.75 Å². The number of nitrogens with one attached hydrogen (secondary N) is 2. The van der Waals surface area contributed by atoms with Crippen molar-refractivity contribution in [1.29, 1.82) is 0 Å². The lowest BCUT2D eigenvalue weighted by Gasteiger charge is -2.29. The Balaban J connectivity index is 1.39. The van der Waals surface area contributed by atoms with Crippen LogP contribution < -0.4 is 15.4 Å². The molecule has 1 aliphatic heterocycles. The molecular weight excluding hydrogens is 474 g/mol. The molecule has 0 atom stereocenters. The predicted molar refractivity (Wildman–Crippen MR) is 137 cm³/mol. The van der Waals surface area contributed by atoms with Crippen molar-refractivity contribution in [2.24, 2.45) is 7.05 Å². The summed E-state index contributed by atoms with van der Waals surface area (Å²) in [4.78, 5) is 36.1. The van der Waals surface area contributed by atoms with E-state index in [1.807, 2.05) is 0 Å². The standard InChI is InChI=1S/C26H31N7O4/c1-32-11-9-17(10-12-32)28-24(34)15-7-8-19(20(13-15)37-3)29-26-27-14-16-5-4-6-18-22(25(35)36)31-33(2)23(18)21(16)30-26/h7-8,13-14,17H,4-6,9-12H2,1-3H3,(H,28,34)(H,35,36)(H,27,29,30). The molecule has 5 rings (SSSR count). The Labute approximate surface area is 214 Å². The average Bonchev–Trinajstić information content (AvgIpc) is 3.10. The van der Waals surface area contributed by atoms with E-state index in [-0.39, 0.29) is 17.6 Å². The number of likely N-dealkylation sites (tertiary alicyclic amines) is 1. The zero-order valence-corrected chi connectivity index (χ0v) is 21.2. The quantitative estimate of drug-likeness (QED) is 0.462. The third kappa shape index (κ3) is 4.99. The molecule has 0 bridgehead atoms. The number of amides is 1. The van der Waals surface area contributed by atoms with Gasteiger partial charge in [0.15, 0.2) is 5.69 Å². The summed E-state index contributed by atoms with van der Waals surface area (Å²) >= 11 is 0. The van der Waals surface area contributed by atoms with E-state index in [2.05, 4.69) is 32.7 Å². The van der Waals surface area contributed by atoms with Gasteiger partial charge in [-0.2, -0.15) is 5.10 Å². The topological polar surface area (TPSA) is 135 Å². The first kappa shape index (κ1) is 24.7. The Morgan fingerprint density at radius 1 is 1.16 bits per heavy atom. The second-order valence-electron chi connectivity index (χ2n) is 9.62. The van der Waals surface area contributed by atoms with Gasteiger partial charge in [-0.25, -0.2) is 14.8 Å². The summed E-state index contributed by atoms with van der Waals surface area (Å²) in [5.41, 5.74) is 4.19. The number of fused-ring (bicyclic) bond motifs is 3. The first-order chi connectivity index (χ1) is 17.8. The van der Waals surface area contributed by atoms with Crippen LogP contribution in [0.1, 0.15) is 51.2 Å². The van der Waals surface area contributed by atoms with Gasteiger partial charge in [0.25, 0.3) is 5.91 Å². The fraction of sp³-hybridized carbons (Fsp3) is 0.423. The summed E-state index contributed by atoms with van der Waals surface area (Å²) in [6, 6.07) is 5.39. The van der Waals surface area contributed by atoms with E-state index >= 15 is 0 Å². The maximum Gasteiger partial charge on any atom is 0.356 e. The predicted octanol–water partition coefficient (Wildman–Crippen LogP) is 2.64. The molecule has 3 N–H and O–H groups in total. The van der Waals surface area contributed by atoms with Crippen molar-refractivity contribution >= 4 is 23.5 Å². The number of carbonyl (C=O) groups excluding carboxylic acids is 1. The Morgan fingerprint density at radius 2 is 1.95 bits per heavy atom. The van der Waals surface area contributed by atoms with E-state index in [1.54, 1.807) is 43.2 Å². The number of carbonyl (C=O) groups is 2. The summed E-state index contributed by atoms with van der Waals surface area (Å²) in [5, 5.41) is 20.1. The number of carboxylic acid groups (broad SMARTS) is 1. The van der Waals surface area contributed by atoms with Crippen LogP contribution in [0.3, 0.4) is 0 Å². The minimum Gasteiger partial charge on any atom is -0.495 e. The van der Waals surface area contributed by atoms with Gasteiger partial charge in [-0.1, -0.05) is 0 Å². The van der Waals surface area contributed by atoms with Gasteiger partial charge in [-0.05, 0) is 76.0 Å². The van der Waals surface area contributed by atoms with Gasteiger partial charge in [0.2, 0.25) is 5.95 Å². The molecular formula is C26H31N7O4. The van der Waals surface area contributed by atoms with Crippen LogP contribution >= 0.6 is 0 Å². The van der Waals surface area contributed by atoms with Crippen LogP contribution in [-0.2, 0) is 19.9 Å². The average molecular weight is 506 g/mol. The number of nitrogens with zero attached hydrogens (tertiary/aromatic N) is 5. The Kier molecular flexibility index (Phi) is 6.79. The highest BCUT2D eigenvalue weighted by atomic mass is 16.5. The molecule has 1 saturated heterocycles. The minimum atomic E-state index is -1.04. The number of aromatic nitrogens is 4. The van der Waals surface area contributed by atoms with Gasteiger partial charge in [0, 0.05) is 30.4 Å². The molecule has 0 saturated carbocycles. The van der Waals surface area contributed by atoms with Crippen LogP contribution in [-0.4, -0.2) is 74.9 Å². The van der Waals surface area contributed by atoms with E-state index in [9.17, 15) is 14.7 Å². The van der Waals surface area contributed by atoms with Crippen molar-refractivity contribution in [2.75, 3.05) is 32.6 Å². The van der Waals surface area contributed by atoms with Crippen molar-refractivity contribution in [1.82, 2.24) is 30.0 Å². The largest absolute Gasteiger partial charge is 0.495 e. The second kappa shape index (κ2) is 10.2. The fourth-order valence-electron chi connectivity index (χ4n) is 5.06. The Bertz CT molecular complexity index is 1340. The van der Waals surface area contributed by atoms with Gasteiger partial charge in [0.05, 0.1) is 24.2 Å². The van der Waals surface area contributed by atoms with Crippen LogP contribution in [0.25, 0.3) is 11.4 Å². The monoisotopic (exact) mass is 505 g/mol. The van der Waals surface area contributed by atoms with Crippen molar-refractivity contribution in [3.63, 3.8) is 0 Å². The number of methoxy groups -OCH3 is 1. The molecule has 1 fully saturated rings. The molecule has 11 nitrogen and oxygen atoms in total. The number of ether oxygens (including phenoxy) is 1. The van der Waals surface area contributed by atoms with E-state index in [0.717, 1.165) is 44.3 Å². The summed E-state index contributed by atoms with van der Waals surface area (Å²) in [6.45, 7) is 1.94. The third-order valence-corrected chi connectivity index (χ3v) is 7.07. The minimum absolute atomic E-state index is 0.0641. The molecule has 0 unspecified atom stereocenters. The van der Waals surface area contributed by atoms with E-state index in [4.69, 9.17) is 9.72 Å². The maximum absolute atomic E-state index is 12.8. The molecule has 2 aliphatic rings. The van der Waals surface area contributed by atoms with Crippen LogP contribution in [0.15, 0.2) is 24.4 Å². The van der Waals surface area contributed by atoms with Crippen molar-refractivity contribution in [3.05, 3.63) is 46.8 Å². The highest BCUT2D eigenvalue weighted by Gasteiger charge is 2.27. The Morgan fingerprint density at radius 3 is 2.68 bits per heavy atom. The van der Waals surface area contributed by atoms with Crippen molar-refractivity contribution in [3.8, 4) is 17.1 Å². The molecule has 3 aromatic rings. The zero-order chi connectivity index (χ0) is 26.1. The van der Waals surface area contributed by atoms with E-state index < -0.39 is 5.97 Å². The summed E-state index contributed by atoms with van der Waals surface area (Å²) in [5.74, 6) is -0.341. The van der Waals surface area contributed by atoms with Crippen molar-refractivity contribution < 1.29 is 19.4 Å². The van der Waals surface area contributed by atoms with E-state index in [0.29, 0.717) is 46.3 Å². The first-order valence-electron chi connectivity index (χ1n) is 12.4. The molecule has 11 heteroatoms. The number of rotatable bonds is 6. The lowest BCUT2D eigenvalue weighted by atomic mass is 10.0. The summed E-state index contributed by atoms with van der Waals surface area (Å²) in [7, 11) is 5.37. The number of aromatic carboxylic acids is 1. The molecule has 0 radical (unpaired) electrons. The van der Waals surface area contributed by atoms with Crippen LogP contribution in [0.5, 0.6) is 5.75 Å². The lowest BCUT2D eigenvalue weighted by Crippen LogP contribution is -2.43. The highest BCUT2D eigenvalue weighted by molar-refractivity contribution is 5.95. The highest BCUT2D eigenvalue weighted by Crippen LogP contribution is 2.34. The number of piperidine rings is 1. The fourth-order valence-corrected chi connectivity index (χ4v) is 5.06. The molecule has 194 valence electrons. The number of anilines is 2. The number of hydrogen-bond donors (Lipinski definition) is 3. The molecule has 1 aliphatic carbocycles. The van der Waals surface area contributed by atoms with Crippen LogP contribution in [0, 0.1) is 0 Å². The first-order valence-corrected chi connectivity index (χ1v) is 12.4. The number of hydrogen-bond acceptors (Lipinski definition) is 8. The van der Waals surface area contributed by atoms with Crippen molar-refractivity contribution in [2.45, 2.75) is 38.1 Å². The molecule has 0 spiro atoms. The van der Waals surface area contributed by atoms with Crippen LogP contribution in [0.2, 0.25) is 0 Å². The molecule has 1 amide bonds. The van der Waals surface area contributed by atoms with E-state index in [1.165, 1.54) is 0 Å². The van der Waals surface area contributed by atoms with Gasteiger partial charge < -0.3 is 25.4 Å². The summed E-state index contributed by atoms with van der Waals surface area (Å²) in [6.07, 6.45) is 5.77. The number of aryl methyl sites for hydroxylation is 2. The normalized spacial score (nSPS) is 15.9. The molecule has 3 heterocycles. The smallest absolute Gasteiger partial charge is 0.356 e. The summed E-state index contributed by atoms with van der Waals surface area (Å²) < 4.78 is 7.15. The van der Waals surface area contributed by atoms with Gasteiger partial charge in [-0.15, -0.1) is 0 Å².